The van der Waals surface area contributed by atoms with Gasteiger partial charge < -0.3 is 9.88 Å². The van der Waals surface area contributed by atoms with E-state index < -0.39 is 0 Å². The van der Waals surface area contributed by atoms with Crippen LogP contribution in [-0.2, 0) is 13.1 Å². The van der Waals surface area contributed by atoms with Crippen LogP contribution in [0.3, 0.4) is 0 Å². The molecule has 1 N–H and O–H groups in total. The summed E-state index contributed by atoms with van der Waals surface area (Å²) in [6.07, 6.45) is 5.47. The van der Waals surface area contributed by atoms with Crippen LogP contribution >= 0.6 is 11.6 Å². The van der Waals surface area contributed by atoms with Gasteiger partial charge in [0.2, 0.25) is 0 Å². The lowest BCUT2D eigenvalue weighted by atomic mass is 10.1. The Morgan fingerprint density at radius 2 is 1.80 bits per heavy atom. The molecule has 7 heteroatoms. The van der Waals surface area contributed by atoms with E-state index >= 15 is 0 Å². The molecule has 0 saturated heterocycles. The maximum Gasteiger partial charge on any atom is 0.251 e. The summed E-state index contributed by atoms with van der Waals surface area (Å²) in [5.41, 5.74) is 5.34. The normalized spacial score (nSPS) is 10.9. The molecule has 0 spiro atoms. The van der Waals surface area contributed by atoms with Gasteiger partial charge in [-0.2, -0.15) is 5.10 Å². The van der Waals surface area contributed by atoms with Gasteiger partial charge in [-0.15, -0.1) is 0 Å². The van der Waals surface area contributed by atoms with E-state index in [2.05, 4.69) is 21.5 Å². The zero-order valence-corrected chi connectivity index (χ0v) is 17.6. The number of hydrogen-bond acceptors (Lipinski definition) is 3. The van der Waals surface area contributed by atoms with E-state index in [0.29, 0.717) is 23.7 Å². The van der Waals surface area contributed by atoms with Crippen LogP contribution < -0.4 is 5.32 Å². The number of benzene rings is 2. The monoisotopic (exact) mass is 419 g/mol. The SMILES string of the molecule is Cc1nn(-c2ccc(C(=O)NCc3ccccc3Cn3ccnc3)cc2)c(C)c1Cl. The summed E-state index contributed by atoms with van der Waals surface area (Å²) in [5, 5.41) is 8.12. The third kappa shape index (κ3) is 4.14. The maximum absolute atomic E-state index is 12.6. The van der Waals surface area contributed by atoms with Crippen LogP contribution in [0.15, 0.2) is 67.3 Å². The van der Waals surface area contributed by atoms with Gasteiger partial charge in [-0.3, -0.25) is 4.79 Å². The molecule has 1 amide bonds. The van der Waals surface area contributed by atoms with Crippen molar-refractivity contribution >= 4 is 17.5 Å². The molecule has 0 fully saturated rings. The standard InChI is InChI=1S/C23H22ClN5O/c1-16-22(24)17(2)29(27-16)21-9-7-18(8-10-21)23(30)26-13-19-5-3-4-6-20(19)14-28-12-11-25-15-28/h3-12,15H,13-14H2,1-2H3,(H,26,30). The Labute approximate surface area is 180 Å². The number of halogens is 1. The molecule has 0 saturated carbocycles. The number of aryl methyl sites for hydroxylation is 1. The quantitative estimate of drug-likeness (QED) is 0.506. The molecular formula is C23H22ClN5O. The van der Waals surface area contributed by atoms with Crippen LogP contribution in [0.25, 0.3) is 5.69 Å². The summed E-state index contributed by atoms with van der Waals surface area (Å²) in [5.74, 6) is -0.120. The van der Waals surface area contributed by atoms with Crippen LogP contribution in [0, 0.1) is 13.8 Å². The Kier molecular flexibility index (Phi) is 5.68. The maximum atomic E-state index is 12.6. The van der Waals surface area contributed by atoms with Crippen LogP contribution in [0.5, 0.6) is 0 Å². The highest BCUT2D eigenvalue weighted by Crippen LogP contribution is 2.22. The molecule has 2 aromatic carbocycles. The first-order chi connectivity index (χ1) is 14.5. The number of nitrogens with zero attached hydrogens (tertiary/aromatic N) is 4. The van der Waals surface area contributed by atoms with Crippen molar-refractivity contribution in [3.05, 3.63) is 100 Å². The van der Waals surface area contributed by atoms with Gasteiger partial charge in [0.1, 0.15) is 0 Å². The molecule has 152 valence electrons. The van der Waals surface area contributed by atoms with Crippen LogP contribution in [-0.4, -0.2) is 25.2 Å². The van der Waals surface area contributed by atoms with E-state index in [1.54, 1.807) is 29.3 Å². The molecule has 0 aliphatic heterocycles. The van der Waals surface area contributed by atoms with E-state index in [1.807, 2.05) is 54.9 Å². The van der Waals surface area contributed by atoms with Crippen LogP contribution in [0.2, 0.25) is 5.02 Å². The fraction of sp³-hybridized carbons (Fsp3) is 0.174. The lowest BCUT2D eigenvalue weighted by molar-refractivity contribution is 0.0951. The number of rotatable bonds is 6. The third-order valence-electron chi connectivity index (χ3n) is 5.05. The number of carbonyl (C=O) groups excluding carboxylic acids is 1. The van der Waals surface area contributed by atoms with Gasteiger partial charge in [-0.1, -0.05) is 35.9 Å². The first kappa shape index (κ1) is 19.9. The molecule has 0 aliphatic rings. The topological polar surface area (TPSA) is 64.7 Å². The predicted molar refractivity (Wildman–Crippen MR) is 117 cm³/mol. The molecule has 4 aromatic rings. The molecule has 4 rings (SSSR count). The second kappa shape index (κ2) is 8.55. The Hall–Kier alpha value is -3.38. The van der Waals surface area contributed by atoms with Crippen molar-refractivity contribution in [1.29, 1.82) is 0 Å². The molecular weight excluding hydrogens is 398 g/mol. The highest BCUT2D eigenvalue weighted by molar-refractivity contribution is 6.31. The van der Waals surface area contributed by atoms with Gasteiger partial charge >= 0.3 is 0 Å². The summed E-state index contributed by atoms with van der Waals surface area (Å²) in [7, 11) is 0. The third-order valence-corrected chi connectivity index (χ3v) is 5.59. The Morgan fingerprint density at radius 3 is 2.43 bits per heavy atom. The number of imidazole rings is 1. The number of carbonyl (C=O) groups is 1. The largest absolute Gasteiger partial charge is 0.348 e. The average molecular weight is 420 g/mol. The average Bonchev–Trinajstić information content (AvgIpc) is 3.37. The van der Waals surface area contributed by atoms with E-state index in [4.69, 9.17) is 11.6 Å². The predicted octanol–water partition coefficient (Wildman–Crippen LogP) is 4.32. The Balaban J connectivity index is 1.44. The van der Waals surface area contributed by atoms with Gasteiger partial charge in [-0.05, 0) is 49.2 Å². The minimum atomic E-state index is -0.120. The fourth-order valence-corrected chi connectivity index (χ4v) is 3.49. The zero-order valence-electron chi connectivity index (χ0n) is 16.8. The van der Waals surface area contributed by atoms with Crippen LogP contribution in [0.1, 0.15) is 32.9 Å². The van der Waals surface area contributed by atoms with Crippen molar-refractivity contribution in [3.8, 4) is 5.69 Å². The van der Waals surface area contributed by atoms with Gasteiger partial charge in [0.05, 0.1) is 28.4 Å². The summed E-state index contributed by atoms with van der Waals surface area (Å²) >= 11 is 6.23. The van der Waals surface area contributed by atoms with Crippen molar-refractivity contribution in [2.24, 2.45) is 0 Å². The molecule has 6 nitrogen and oxygen atoms in total. The number of hydrogen-bond donors (Lipinski definition) is 1. The minimum absolute atomic E-state index is 0.120. The molecule has 0 unspecified atom stereocenters. The van der Waals surface area contributed by atoms with E-state index in [1.165, 1.54) is 0 Å². The highest BCUT2D eigenvalue weighted by Gasteiger charge is 2.12. The molecule has 0 aliphatic carbocycles. The molecule has 2 heterocycles. The molecule has 0 atom stereocenters. The van der Waals surface area contributed by atoms with Gasteiger partial charge in [0, 0.05) is 31.0 Å². The van der Waals surface area contributed by atoms with E-state index in [0.717, 1.165) is 28.2 Å². The smallest absolute Gasteiger partial charge is 0.251 e. The number of nitrogens with one attached hydrogen (secondary N) is 1. The van der Waals surface area contributed by atoms with E-state index in [-0.39, 0.29) is 5.91 Å². The Morgan fingerprint density at radius 1 is 1.07 bits per heavy atom. The molecule has 0 bridgehead atoms. The molecule has 0 radical (unpaired) electrons. The lowest BCUT2D eigenvalue weighted by Gasteiger charge is -2.12. The zero-order chi connectivity index (χ0) is 21.1. The van der Waals surface area contributed by atoms with Crippen molar-refractivity contribution < 1.29 is 4.79 Å². The van der Waals surface area contributed by atoms with Gasteiger partial charge in [0.15, 0.2) is 0 Å². The van der Waals surface area contributed by atoms with E-state index in [9.17, 15) is 4.79 Å². The van der Waals surface area contributed by atoms with Crippen molar-refractivity contribution in [1.82, 2.24) is 24.6 Å². The molecule has 30 heavy (non-hydrogen) atoms. The van der Waals surface area contributed by atoms with Crippen molar-refractivity contribution in [2.45, 2.75) is 26.9 Å². The lowest BCUT2D eigenvalue weighted by Crippen LogP contribution is -2.23. The van der Waals surface area contributed by atoms with Gasteiger partial charge in [-0.25, -0.2) is 9.67 Å². The summed E-state index contributed by atoms with van der Waals surface area (Å²) in [6, 6.07) is 15.4. The number of amides is 1. The summed E-state index contributed by atoms with van der Waals surface area (Å²) < 4.78 is 3.79. The molecule has 2 aromatic heterocycles. The second-order valence-corrected chi connectivity index (χ2v) is 7.51. The summed E-state index contributed by atoms with van der Waals surface area (Å²) in [6.45, 7) is 4.97. The highest BCUT2D eigenvalue weighted by atomic mass is 35.5. The fourth-order valence-electron chi connectivity index (χ4n) is 3.37. The number of aromatic nitrogens is 4. The first-order valence-corrected chi connectivity index (χ1v) is 10.0. The van der Waals surface area contributed by atoms with Crippen molar-refractivity contribution in [3.63, 3.8) is 0 Å². The first-order valence-electron chi connectivity index (χ1n) is 9.66. The minimum Gasteiger partial charge on any atom is -0.348 e. The van der Waals surface area contributed by atoms with Gasteiger partial charge in [0.25, 0.3) is 5.91 Å². The second-order valence-electron chi connectivity index (χ2n) is 7.13. The Bertz CT molecular complexity index is 1160. The summed E-state index contributed by atoms with van der Waals surface area (Å²) in [4.78, 5) is 16.7. The van der Waals surface area contributed by atoms with Crippen molar-refractivity contribution in [2.75, 3.05) is 0 Å². The van der Waals surface area contributed by atoms with Crippen LogP contribution in [0.4, 0.5) is 0 Å².